The van der Waals surface area contributed by atoms with E-state index in [9.17, 15) is 13.9 Å². The van der Waals surface area contributed by atoms with Crippen LogP contribution in [0.3, 0.4) is 0 Å². The van der Waals surface area contributed by atoms with E-state index in [0.29, 0.717) is 18.4 Å². The lowest BCUT2D eigenvalue weighted by Gasteiger charge is -2.07. The van der Waals surface area contributed by atoms with Gasteiger partial charge in [-0.2, -0.15) is 0 Å². The summed E-state index contributed by atoms with van der Waals surface area (Å²) in [5, 5.41) is 9.38. The van der Waals surface area contributed by atoms with Gasteiger partial charge in [0.05, 0.1) is 6.10 Å². The highest BCUT2D eigenvalue weighted by Crippen LogP contribution is 2.11. The zero-order valence-corrected chi connectivity index (χ0v) is 7.71. The topological polar surface area (TPSA) is 20.2 Å². The van der Waals surface area contributed by atoms with Crippen molar-refractivity contribution >= 4 is 0 Å². The van der Waals surface area contributed by atoms with Gasteiger partial charge in [-0.25, -0.2) is 8.78 Å². The Kier molecular flexibility index (Phi) is 3.77. The van der Waals surface area contributed by atoms with E-state index in [1.165, 1.54) is 6.07 Å². The van der Waals surface area contributed by atoms with Crippen molar-refractivity contribution in [3.05, 3.63) is 48.1 Å². The Morgan fingerprint density at radius 1 is 1.36 bits per heavy atom. The summed E-state index contributed by atoms with van der Waals surface area (Å²) in [7, 11) is 0. The molecule has 0 fully saturated rings. The number of hydrogen-bond acceptors (Lipinski definition) is 1. The third-order valence-corrected chi connectivity index (χ3v) is 1.89. The largest absolute Gasteiger partial charge is 0.392 e. The third-order valence-electron chi connectivity index (χ3n) is 1.89. The lowest BCUT2D eigenvalue weighted by Crippen LogP contribution is -2.09. The minimum absolute atomic E-state index is 0.309. The second kappa shape index (κ2) is 4.86. The van der Waals surface area contributed by atoms with Gasteiger partial charge in [-0.05, 0) is 30.5 Å². The number of aliphatic hydroxyl groups excluding tert-OH is 1. The summed E-state index contributed by atoms with van der Waals surface area (Å²) in [5.41, 5.74) is 0.582. The molecule has 1 rings (SSSR count). The van der Waals surface area contributed by atoms with E-state index in [1.807, 2.05) is 0 Å². The van der Waals surface area contributed by atoms with Crippen molar-refractivity contribution in [2.45, 2.75) is 18.9 Å². The molecular weight excluding hydrogens is 186 g/mol. The molecule has 1 nitrogen and oxygen atoms in total. The number of rotatable bonds is 4. The van der Waals surface area contributed by atoms with Crippen LogP contribution in [0.1, 0.15) is 12.0 Å². The lowest BCUT2D eigenvalue weighted by atomic mass is 10.1. The van der Waals surface area contributed by atoms with E-state index >= 15 is 0 Å². The average Bonchev–Trinajstić information content (AvgIpc) is 2.12. The van der Waals surface area contributed by atoms with E-state index in [1.54, 1.807) is 6.08 Å². The standard InChI is InChI=1S/C11H12F2O/c1-2-3-9(14)6-8-4-5-10(12)11(13)7-8/h2,4-5,7,9,14H,1,3,6H2. The Hall–Kier alpha value is -1.22. The number of aliphatic hydroxyl groups is 1. The molecule has 3 heteroatoms. The molecule has 0 bridgehead atoms. The van der Waals surface area contributed by atoms with Gasteiger partial charge in [-0.1, -0.05) is 12.1 Å². The monoisotopic (exact) mass is 198 g/mol. The van der Waals surface area contributed by atoms with E-state index < -0.39 is 17.7 Å². The van der Waals surface area contributed by atoms with E-state index in [4.69, 9.17) is 0 Å². The van der Waals surface area contributed by atoms with Gasteiger partial charge >= 0.3 is 0 Å². The van der Waals surface area contributed by atoms with Crippen LogP contribution in [0.4, 0.5) is 8.78 Å². The Balaban J connectivity index is 2.67. The summed E-state index contributed by atoms with van der Waals surface area (Å²) in [5.74, 6) is -1.75. The van der Waals surface area contributed by atoms with Crippen molar-refractivity contribution in [1.82, 2.24) is 0 Å². The minimum Gasteiger partial charge on any atom is -0.392 e. The van der Waals surface area contributed by atoms with E-state index in [2.05, 4.69) is 6.58 Å². The molecule has 1 aromatic carbocycles. The molecule has 1 atom stereocenters. The molecule has 1 N–H and O–H groups in total. The molecule has 0 amide bonds. The molecule has 0 aliphatic heterocycles. The molecule has 0 heterocycles. The second-order valence-electron chi connectivity index (χ2n) is 3.13. The molecule has 14 heavy (non-hydrogen) atoms. The van der Waals surface area contributed by atoms with Crippen LogP contribution in [-0.2, 0) is 6.42 Å². The molecule has 76 valence electrons. The van der Waals surface area contributed by atoms with Gasteiger partial charge in [0, 0.05) is 0 Å². The van der Waals surface area contributed by atoms with Gasteiger partial charge in [0.2, 0.25) is 0 Å². The summed E-state index contributed by atoms with van der Waals surface area (Å²) >= 11 is 0. The smallest absolute Gasteiger partial charge is 0.159 e. The van der Waals surface area contributed by atoms with Crippen LogP contribution in [0.5, 0.6) is 0 Å². The van der Waals surface area contributed by atoms with Gasteiger partial charge in [-0.3, -0.25) is 0 Å². The zero-order valence-electron chi connectivity index (χ0n) is 7.71. The molecule has 0 saturated heterocycles. The van der Waals surface area contributed by atoms with Gasteiger partial charge in [0.25, 0.3) is 0 Å². The van der Waals surface area contributed by atoms with Crippen LogP contribution in [0.15, 0.2) is 30.9 Å². The maximum absolute atomic E-state index is 12.7. The number of hydrogen-bond donors (Lipinski definition) is 1. The van der Waals surface area contributed by atoms with Crippen molar-refractivity contribution in [2.75, 3.05) is 0 Å². The van der Waals surface area contributed by atoms with Crippen molar-refractivity contribution in [3.8, 4) is 0 Å². The summed E-state index contributed by atoms with van der Waals surface area (Å²) in [6.45, 7) is 3.48. The van der Waals surface area contributed by atoms with Crippen molar-refractivity contribution in [2.24, 2.45) is 0 Å². The quantitative estimate of drug-likeness (QED) is 0.737. The first-order chi connectivity index (χ1) is 6.63. The van der Waals surface area contributed by atoms with Crippen molar-refractivity contribution < 1.29 is 13.9 Å². The molecule has 0 aliphatic rings. The maximum Gasteiger partial charge on any atom is 0.159 e. The summed E-state index contributed by atoms with van der Waals surface area (Å²) in [6.07, 6.45) is 1.75. The molecule has 1 unspecified atom stereocenters. The van der Waals surface area contributed by atoms with Gasteiger partial charge in [-0.15, -0.1) is 6.58 Å². The first-order valence-corrected chi connectivity index (χ1v) is 4.36. The number of halogens is 2. The van der Waals surface area contributed by atoms with Crippen LogP contribution in [0.25, 0.3) is 0 Å². The third kappa shape index (κ3) is 2.92. The number of benzene rings is 1. The van der Waals surface area contributed by atoms with Crippen LogP contribution in [0.2, 0.25) is 0 Å². The van der Waals surface area contributed by atoms with Crippen LogP contribution in [-0.4, -0.2) is 11.2 Å². The van der Waals surface area contributed by atoms with Gasteiger partial charge in [0.1, 0.15) is 0 Å². The summed E-state index contributed by atoms with van der Waals surface area (Å²) in [4.78, 5) is 0. The fraction of sp³-hybridized carbons (Fsp3) is 0.273. The highest BCUT2D eigenvalue weighted by Gasteiger charge is 2.06. The fourth-order valence-corrected chi connectivity index (χ4v) is 1.21. The molecule has 0 aliphatic carbocycles. The van der Waals surface area contributed by atoms with Crippen molar-refractivity contribution in [1.29, 1.82) is 0 Å². The molecule has 0 aromatic heterocycles. The van der Waals surface area contributed by atoms with Gasteiger partial charge in [0.15, 0.2) is 11.6 Å². The second-order valence-corrected chi connectivity index (χ2v) is 3.13. The average molecular weight is 198 g/mol. The molecule has 0 saturated carbocycles. The van der Waals surface area contributed by atoms with Crippen LogP contribution in [0, 0.1) is 11.6 Å². The van der Waals surface area contributed by atoms with Crippen molar-refractivity contribution in [3.63, 3.8) is 0 Å². The molecule has 0 spiro atoms. The first-order valence-electron chi connectivity index (χ1n) is 4.36. The van der Waals surface area contributed by atoms with Gasteiger partial charge < -0.3 is 5.11 Å². The summed E-state index contributed by atoms with van der Waals surface area (Å²) < 4.78 is 25.3. The predicted molar refractivity (Wildman–Crippen MR) is 50.9 cm³/mol. The lowest BCUT2D eigenvalue weighted by molar-refractivity contribution is 0.178. The Labute approximate surface area is 81.7 Å². The predicted octanol–water partition coefficient (Wildman–Crippen LogP) is 2.44. The highest BCUT2D eigenvalue weighted by molar-refractivity contribution is 5.18. The minimum atomic E-state index is -0.881. The maximum atomic E-state index is 12.7. The molecular formula is C11H12F2O. The van der Waals surface area contributed by atoms with E-state index in [-0.39, 0.29) is 0 Å². The Morgan fingerprint density at radius 3 is 2.64 bits per heavy atom. The molecule has 0 radical (unpaired) electrons. The highest BCUT2D eigenvalue weighted by atomic mass is 19.2. The van der Waals surface area contributed by atoms with Crippen LogP contribution >= 0.6 is 0 Å². The summed E-state index contributed by atoms with van der Waals surface area (Å²) in [6, 6.07) is 3.62. The normalized spacial score (nSPS) is 12.5. The van der Waals surface area contributed by atoms with E-state index in [0.717, 1.165) is 12.1 Å². The Morgan fingerprint density at radius 2 is 2.07 bits per heavy atom. The first kappa shape index (κ1) is 10.9. The zero-order chi connectivity index (χ0) is 10.6. The molecule has 1 aromatic rings. The Bertz CT molecular complexity index is 323. The SMILES string of the molecule is C=CCC(O)Cc1ccc(F)c(F)c1. The van der Waals surface area contributed by atoms with Crippen LogP contribution < -0.4 is 0 Å². The fourth-order valence-electron chi connectivity index (χ4n) is 1.21.